The van der Waals surface area contributed by atoms with Crippen molar-refractivity contribution in [3.8, 4) is 0 Å². The molecular formula is C12H24N4. The van der Waals surface area contributed by atoms with Crippen LogP contribution in [0.15, 0.2) is 4.99 Å². The minimum absolute atomic E-state index is 0.253. The summed E-state index contributed by atoms with van der Waals surface area (Å²) >= 11 is 0. The molecule has 4 heteroatoms. The Bertz CT molecular complexity index is 266. The Kier molecular flexibility index (Phi) is 3.38. The van der Waals surface area contributed by atoms with Crippen molar-refractivity contribution in [2.24, 2.45) is 10.7 Å². The molecule has 0 atom stereocenters. The van der Waals surface area contributed by atoms with Crippen LogP contribution in [0.3, 0.4) is 0 Å². The average molecular weight is 224 g/mol. The Labute approximate surface area is 98.5 Å². The van der Waals surface area contributed by atoms with E-state index in [-0.39, 0.29) is 5.54 Å². The summed E-state index contributed by atoms with van der Waals surface area (Å²) < 4.78 is 0. The minimum atomic E-state index is 0.253. The molecule has 0 aromatic rings. The Balaban J connectivity index is 1.97. The van der Waals surface area contributed by atoms with Crippen LogP contribution in [0.2, 0.25) is 0 Å². The van der Waals surface area contributed by atoms with Crippen molar-refractivity contribution >= 4 is 5.96 Å². The number of nitrogens with two attached hydrogens (primary N) is 1. The van der Waals surface area contributed by atoms with Crippen LogP contribution in [-0.4, -0.2) is 54.0 Å². The van der Waals surface area contributed by atoms with E-state index < -0.39 is 0 Å². The van der Waals surface area contributed by atoms with Gasteiger partial charge in [-0.15, -0.1) is 0 Å². The molecule has 1 saturated heterocycles. The number of likely N-dealkylation sites (N-methyl/N-ethyl adjacent to an activating group) is 1. The Morgan fingerprint density at radius 3 is 2.56 bits per heavy atom. The van der Waals surface area contributed by atoms with Gasteiger partial charge in [-0.1, -0.05) is 6.92 Å². The van der Waals surface area contributed by atoms with Crippen molar-refractivity contribution in [2.45, 2.75) is 38.6 Å². The SMILES string of the molecule is CCCN1CCC2(CC1)CN=C(N)N2CC. The van der Waals surface area contributed by atoms with Gasteiger partial charge in [0.1, 0.15) is 0 Å². The fourth-order valence-electron chi connectivity index (χ4n) is 3.08. The lowest BCUT2D eigenvalue weighted by molar-refractivity contribution is 0.0888. The molecule has 92 valence electrons. The second-order valence-corrected chi connectivity index (χ2v) is 4.98. The summed E-state index contributed by atoms with van der Waals surface area (Å²) in [5.74, 6) is 0.756. The first-order chi connectivity index (χ1) is 7.72. The molecule has 4 nitrogen and oxygen atoms in total. The molecule has 2 N–H and O–H groups in total. The Hall–Kier alpha value is -0.770. The minimum Gasteiger partial charge on any atom is -0.370 e. The highest BCUT2D eigenvalue weighted by Crippen LogP contribution is 2.32. The smallest absolute Gasteiger partial charge is 0.191 e. The number of rotatable bonds is 3. The summed E-state index contributed by atoms with van der Waals surface area (Å²) in [7, 11) is 0. The number of hydrogen-bond donors (Lipinski definition) is 1. The van der Waals surface area contributed by atoms with Crippen molar-refractivity contribution in [1.29, 1.82) is 0 Å². The lowest BCUT2D eigenvalue weighted by Crippen LogP contribution is -2.57. The van der Waals surface area contributed by atoms with Crippen LogP contribution in [-0.2, 0) is 0 Å². The molecule has 0 saturated carbocycles. The van der Waals surface area contributed by atoms with E-state index in [9.17, 15) is 0 Å². The van der Waals surface area contributed by atoms with Gasteiger partial charge in [0.25, 0.3) is 0 Å². The van der Waals surface area contributed by atoms with Gasteiger partial charge >= 0.3 is 0 Å². The van der Waals surface area contributed by atoms with Gasteiger partial charge in [0, 0.05) is 19.6 Å². The second-order valence-electron chi connectivity index (χ2n) is 4.98. The molecule has 0 radical (unpaired) electrons. The maximum absolute atomic E-state index is 5.95. The van der Waals surface area contributed by atoms with Crippen LogP contribution < -0.4 is 5.73 Å². The maximum Gasteiger partial charge on any atom is 0.191 e. The van der Waals surface area contributed by atoms with Crippen molar-refractivity contribution in [3.05, 3.63) is 0 Å². The number of aliphatic imine (C=N–C) groups is 1. The first kappa shape index (κ1) is 11.7. The molecular weight excluding hydrogens is 200 g/mol. The molecule has 16 heavy (non-hydrogen) atoms. The summed E-state index contributed by atoms with van der Waals surface area (Å²) in [6.45, 7) is 9.96. The van der Waals surface area contributed by atoms with Crippen molar-refractivity contribution < 1.29 is 0 Å². The first-order valence-electron chi connectivity index (χ1n) is 6.52. The summed E-state index contributed by atoms with van der Waals surface area (Å²) in [6.07, 6.45) is 3.68. The summed E-state index contributed by atoms with van der Waals surface area (Å²) in [5, 5.41) is 0. The highest BCUT2D eigenvalue weighted by molar-refractivity contribution is 5.81. The van der Waals surface area contributed by atoms with Crippen LogP contribution in [0.4, 0.5) is 0 Å². The van der Waals surface area contributed by atoms with E-state index >= 15 is 0 Å². The topological polar surface area (TPSA) is 44.9 Å². The second kappa shape index (κ2) is 4.62. The molecule has 2 rings (SSSR count). The van der Waals surface area contributed by atoms with Gasteiger partial charge < -0.3 is 15.5 Å². The third-order valence-corrected chi connectivity index (χ3v) is 4.03. The van der Waals surface area contributed by atoms with E-state index in [0.717, 1.165) is 19.0 Å². The molecule has 0 unspecified atom stereocenters. The maximum atomic E-state index is 5.95. The van der Waals surface area contributed by atoms with E-state index in [1.807, 2.05) is 0 Å². The van der Waals surface area contributed by atoms with Crippen LogP contribution >= 0.6 is 0 Å². The zero-order valence-corrected chi connectivity index (χ0v) is 10.6. The molecule has 0 aromatic heterocycles. The van der Waals surface area contributed by atoms with E-state index in [1.54, 1.807) is 0 Å². The highest BCUT2D eigenvalue weighted by Gasteiger charge is 2.43. The quantitative estimate of drug-likeness (QED) is 0.774. The van der Waals surface area contributed by atoms with Gasteiger partial charge in [0.15, 0.2) is 5.96 Å². The fraction of sp³-hybridized carbons (Fsp3) is 0.917. The summed E-state index contributed by atoms with van der Waals surface area (Å²) in [5.41, 5.74) is 6.20. The normalized spacial score (nSPS) is 25.1. The van der Waals surface area contributed by atoms with Crippen molar-refractivity contribution in [1.82, 2.24) is 9.80 Å². The third-order valence-electron chi connectivity index (χ3n) is 4.03. The third kappa shape index (κ3) is 1.90. The number of guanidine groups is 1. The summed E-state index contributed by atoms with van der Waals surface area (Å²) in [4.78, 5) is 9.32. The largest absolute Gasteiger partial charge is 0.370 e. The molecule has 1 fully saturated rings. The van der Waals surface area contributed by atoms with Crippen LogP contribution in [0.5, 0.6) is 0 Å². The fourth-order valence-corrected chi connectivity index (χ4v) is 3.08. The number of hydrogen-bond acceptors (Lipinski definition) is 4. The van der Waals surface area contributed by atoms with E-state index in [0.29, 0.717) is 0 Å². The average Bonchev–Trinajstić information content (AvgIpc) is 2.60. The van der Waals surface area contributed by atoms with Crippen LogP contribution in [0, 0.1) is 0 Å². The van der Waals surface area contributed by atoms with E-state index in [2.05, 4.69) is 28.6 Å². The van der Waals surface area contributed by atoms with E-state index in [1.165, 1.54) is 38.9 Å². The molecule has 1 spiro atoms. The molecule has 0 bridgehead atoms. The zero-order chi connectivity index (χ0) is 11.6. The Morgan fingerprint density at radius 2 is 2.00 bits per heavy atom. The molecule has 2 aliphatic heterocycles. The predicted molar refractivity (Wildman–Crippen MR) is 67.6 cm³/mol. The molecule has 0 amide bonds. The number of piperidine rings is 1. The van der Waals surface area contributed by atoms with Crippen molar-refractivity contribution in [2.75, 3.05) is 32.7 Å². The molecule has 2 aliphatic rings. The zero-order valence-electron chi connectivity index (χ0n) is 10.6. The van der Waals surface area contributed by atoms with Gasteiger partial charge in [-0.05, 0) is 32.7 Å². The molecule has 2 heterocycles. The predicted octanol–water partition coefficient (Wildman–Crippen LogP) is 0.881. The Morgan fingerprint density at radius 1 is 1.31 bits per heavy atom. The van der Waals surface area contributed by atoms with E-state index in [4.69, 9.17) is 5.73 Å². The summed E-state index contributed by atoms with van der Waals surface area (Å²) in [6, 6.07) is 0. The lowest BCUT2D eigenvalue weighted by atomic mass is 9.86. The van der Waals surface area contributed by atoms with Gasteiger partial charge in [0.05, 0.1) is 12.1 Å². The van der Waals surface area contributed by atoms with Gasteiger partial charge in [-0.3, -0.25) is 4.99 Å². The highest BCUT2D eigenvalue weighted by atomic mass is 15.4. The monoisotopic (exact) mass is 224 g/mol. The number of likely N-dealkylation sites (tertiary alicyclic amines) is 1. The van der Waals surface area contributed by atoms with Gasteiger partial charge in [0.2, 0.25) is 0 Å². The molecule has 0 aromatic carbocycles. The van der Waals surface area contributed by atoms with Gasteiger partial charge in [-0.2, -0.15) is 0 Å². The van der Waals surface area contributed by atoms with Crippen molar-refractivity contribution in [3.63, 3.8) is 0 Å². The first-order valence-corrected chi connectivity index (χ1v) is 6.52. The van der Waals surface area contributed by atoms with Gasteiger partial charge in [-0.25, -0.2) is 0 Å². The molecule has 0 aliphatic carbocycles. The van der Waals surface area contributed by atoms with Crippen LogP contribution in [0.25, 0.3) is 0 Å². The number of nitrogens with zero attached hydrogens (tertiary/aromatic N) is 3. The van der Waals surface area contributed by atoms with Crippen LogP contribution in [0.1, 0.15) is 33.1 Å². The standard InChI is InChI=1S/C12H24N4/c1-3-7-15-8-5-12(6-9-15)10-14-11(13)16(12)4-2/h3-10H2,1-2H3,(H2,13,14). The lowest BCUT2D eigenvalue weighted by Gasteiger charge is -2.45.